The summed E-state index contributed by atoms with van der Waals surface area (Å²) in [6, 6.07) is 15.1. The second kappa shape index (κ2) is 7.12. The Morgan fingerprint density at radius 1 is 0.963 bits per heavy atom. The van der Waals surface area contributed by atoms with E-state index in [4.69, 9.17) is 0 Å². The predicted octanol–water partition coefficient (Wildman–Crippen LogP) is 2.88. The van der Waals surface area contributed by atoms with E-state index >= 15 is 0 Å². The number of aromatic nitrogens is 6. The number of aromatic amines is 1. The fourth-order valence-electron chi connectivity index (χ4n) is 2.46. The number of carbonyl (C=O) groups is 1. The van der Waals surface area contributed by atoms with Gasteiger partial charge in [0.25, 0.3) is 5.91 Å². The number of H-pyrrole nitrogens is 1. The van der Waals surface area contributed by atoms with Crippen LogP contribution in [0.4, 0.5) is 5.95 Å². The zero-order chi connectivity index (χ0) is 18.6. The molecule has 0 bridgehead atoms. The van der Waals surface area contributed by atoms with E-state index in [1.165, 1.54) is 12.4 Å². The number of nitrogens with one attached hydrogen (secondary N) is 2. The number of carbonyl (C=O) groups excluding carboxylic acids is 1. The predicted molar refractivity (Wildman–Crippen MR) is 99.8 cm³/mol. The molecule has 4 aromatic rings. The summed E-state index contributed by atoms with van der Waals surface area (Å²) in [7, 11) is 0. The first-order chi connectivity index (χ1) is 13.2. The van der Waals surface area contributed by atoms with Crippen LogP contribution >= 0.6 is 0 Å². The van der Waals surface area contributed by atoms with Crippen LogP contribution in [0.5, 0.6) is 0 Å². The molecule has 1 aromatic carbocycles. The van der Waals surface area contributed by atoms with Crippen LogP contribution in [0.15, 0.2) is 60.9 Å². The van der Waals surface area contributed by atoms with Crippen molar-refractivity contribution in [3.05, 3.63) is 72.2 Å². The minimum absolute atomic E-state index is 0.158. The molecule has 0 unspecified atom stereocenters. The molecule has 27 heavy (non-hydrogen) atoms. The molecule has 0 spiro atoms. The SMILES string of the molecule is Cc1cccc(-c2nc(NC(=O)c3cnc(-c4ccccc4)nc3)n[nH]2)n1. The Hall–Kier alpha value is -3.94. The number of hydrogen-bond donors (Lipinski definition) is 2. The minimum atomic E-state index is -0.391. The first-order valence-electron chi connectivity index (χ1n) is 8.24. The molecular weight excluding hydrogens is 342 g/mol. The van der Waals surface area contributed by atoms with Crippen LogP contribution in [0.1, 0.15) is 16.1 Å². The Morgan fingerprint density at radius 3 is 2.48 bits per heavy atom. The Morgan fingerprint density at radius 2 is 1.74 bits per heavy atom. The summed E-state index contributed by atoms with van der Waals surface area (Å²) in [6.07, 6.45) is 2.95. The fourth-order valence-corrected chi connectivity index (χ4v) is 2.46. The van der Waals surface area contributed by atoms with Gasteiger partial charge in [-0.2, -0.15) is 4.98 Å². The summed E-state index contributed by atoms with van der Waals surface area (Å²) in [5.74, 6) is 0.797. The highest BCUT2D eigenvalue weighted by Crippen LogP contribution is 2.15. The van der Waals surface area contributed by atoms with Gasteiger partial charge in [-0.3, -0.25) is 15.2 Å². The zero-order valence-electron chi connectivity index (χ0n) is 14.4. The normalized spacial score (nSPS) is 10.6. The summed E-state index contributed by atoms with van der Waals surface area (Å²) < 4.78 is 0. The molecule has 0 aliphatic carbocycles. The summed E-state index contributed by atoms with van der Waals surface area (Å²) in [6.45, 7) is 1.89. The number of anilines is 1. The van der Waals surface area contributed by atoms with Gasteiger partial charge < -0.3 is 0 Å². The standard InChI is InChI=1S/C19H15N7O/c1-12-6-5-9-15(22-12)17-23-19(26-25-17)24-18(27)14-10-20-16(21-11-14)13-7-3-2-4-8-13/h2-11H,1H3,(H2,23,24,25,26,27). The molecule has 4 rings (SSSR count). The number of hydrogen-bond acceptors (Lipinski definition) is 6. The maximum absolute atomic E-state index is 12.4. The lowest BCUT2D eigenvalue weighted by molar-refractivity contribution is 0.102. The number of rotatable bonds is 4. The topological polar surface area (TPSA) is 109 Å². The van der Waals surface area contributed by atoms with Crippen LogP contribution in [0.3, 0.4) is 0 Å². The van der Waals surface area contributed by atoms with E-state index < -0.39 is 5.91 Å². The van der Waals surface area contributed by atoms with E-state index in [1.54, 1.807) is 0 Å². The molecule has 1 amide bonds. The van der Waals surface area contributed by atoms with Gasteiger partial charge in [0.2, 0.25) is 5.95 Å². The Bertz CT molecular complexity index is 1070. The van der Waals surface area contributed by atoms with E-state index in [0.29, 0.717) is 22.9 Å². The molecule has 0 fully saturated rings. The molecule has 0 aliphatic rings. The number of aryl methyl sites for hydroxylation is 1. The van der Waals surface area contributed by atoms with Crippen molar-refractivity contribution in [3.63, 3.8) is 0 Å². The van der Waals surface area contributed by atoms with Gasteiger partial charge in [-0.05, 0) is 19.1 Å². The zero-order valence-corrected chi connectivity index (χ0v) is 14.4. The summed E-state index contributed by atoms with van der Waals surface area (Å²) >= 11 is 0. The van der Waals surface area contributed by atoms with E-state index in [0.717, 1.165) is 11.3 Å². The molecular formula is C19H15N7O. The Labute approximate surface area is 154 Å². The summed E-state index contributed by atoms with van der Waals surface area (Å²) in [5.41, 5.74) is 2.71. The second-order valence-electron chi connectivity index (χ2n) is 5.79. The van der Waals surface area contributed by atoms with Gasteiger partial charge in [-0.15, -0.1) is 5.10 Å². The van der Waals surface area contributed by atoms with Gasteiger partial charge in [0.15, 0.2) is 11.6 Å². The van der Waals surface area contributed by atoms with Crippen LogP contribution in [-0.2, 0) is 0 Å². The molecule has 3 aromatic heterocycles. The van der Waals surface area contributed by atoms with Gasteiger partial charge >= 0.3 is 0 Å². The number of amides is 1. The third-order valence-corrected chi connectivity index (χ3v) is 3.79. The van der Waals surface area contributed by atoms with Crippen molar-refractivity contribution in [3.8, 4) is 22.9 Å². The first kappa shape index (κ1) is 16.5. The third kappa shape index (κ3) is 3.69. The minimum Gasteiger partial charge on any atom is -0.289 e. The van der Waals surface area contributed by atoms with E-state index in [1.807, 2.05) is 55.5 Å². The quantitative estimate of drug-likeness (QED) is 0.581. The average Bonchev–Trinajstić information content (AvgIpc) is 3.17. The van der Waals surface area contributed by atoms with Crippen LogP contribution < -0.4 is 5.32 Å². The number of nitrogens with zero attached hydrogens (tertiary/aromatic N) is 5. The van der Waals surface area contributed by atoms with Crippen molar-refractivity contribution in [2.45, 2.75) is 6.92 Å². The van der Waals surface area contributed by atoms with Crippen molar-refractivity contribution in [2.24, 2.45) is 0 Å². The van der Waals surface area contributed by atoms with Gasteiger partial charge in [0, 0.05) is 23.7 Å². The lowest BCUT2D eigenvalue weighted by Gasteiger charge is -2.02. The van der Waals surface area contributed by atoms with E-state index in [2.05, 4.69) is 35.5 Å². The first-order valence-corrected chi connectivity index (χ1v) is 8.24. The molecule has 0 atom stereocenters. The maximum atomic E-state index is 12.4. The molecule has 0 radical (unpaired) electrons. The highest BCUT2D eigenvalue weighted by Gasteiger charge is 2.13. The average molecular weight is 357 g/mol. The summed E-state index contributed by atoms with van der Waals surface area (Å²) in [5, 5.41) is 9.39. The maximum Gasteiger partial charge on any atom is 0.261 e. The number of benzene rings is 1. The largest absolute Gasteiger partial charge is 0.289 e. The van der Waals surface area contributed by atoms with Crippen LogP contribution in [0.2, 0.25) is 0 Å². The van der Waals surface area contributed by atoms with Crippen molar-refractivity contribution in [2.75, 3.05) is 5.32 Å². The van der Waals surface area contributed by atoms with Gasteiger partial charge in [0.05, 0.1) is 5.56 Å². The highest BCUT2D eigenvalue weighted by molar-refractivity contribution is 6.03. The van der Waals surface area contributed by atoms with Crippen molar-refractivity contribution < 1.29 is 4.79 Å². The lowest BCUT2D eigenvalue weighted by Crippen LogP contribution is -2.14. The van der Waals surface area contributed by atoms with E-state index in [-0.39, 0.29) is 5.95 Å². The third-order valence-electron chi connectivity index (χ3n) is 3.79. The van der Waals surface area contributed by atoms with Crippen molar-refractivity contribution in [1.82, 2.24) is 30.1 Å². The molecule has 3 heterocycles. The molecule has 8 nitrogen and oxygen atoms in total. The molecule has 8 heteroatoms. The van der Waals surface area contributed by atoms with Crippen molar-refractivity contribution in [1.29, 1.82) is 0 Å². The van der Waals surface area contributed by atoms with Gasteiger partial charge in [-0.1, -0.05) is 36.4 Å². The fraction of sp³-hybridized carbons (Fsp3) is 0.0526. The molecule has 132 valence electrons. The van der Waals surface area contributed by atoms with Crippen LogP contribution in [-0.4, -0.2) is 36.0 Å². The Balaban J connectivity index is 1.48. The molecule has 0 saturated carbocycles. The van der Waals surface area contributed by atoms with Gasteiger partial charge in [0.1, 0.15) is 5.69 Å². The summed E-state index contributed by atoms with van der Waals surface area (Å²) in [4.78, 5) is 29.5. The monoisotopic (exact) mass is 357 g/mol. The molecule has 2 N–H and O–H groups in total. The van der Waals surface area contributed by atoms with Crippen LogP contribution in [0.25, 0.3) is 22.9 Å². The van der Waals surface area contributed by atoms with Crippen molar-refractivity contribution >= 4 is 11.9 Å². The molecule has 0 saturated heterocycles. The second-order valence-corrected chi connectivity index (χ2v) is 5.79. The van der Waals surface area contributed by atoms with Crippen LogP contribution in [0, 0.1) is 6.92 Å². The highest BCUT2D eigenvalue weighted by atomic mass is 16.1. The van der Waals surface area contributed by atoms with E-state index in [9.17, 15) is 4.79 Å². The lowest BCUT2D eigenvalue weighted by atomic mass is 10.2. The Kier molecular flexibility index (Phi) is 4.36. The smallest absolute Gasteiger partial charge is 0.261 e. The molecule has 0 aliphatic heterocycles. The van der Waals surface area contributed by atoms with Gasteiger partial charge in [-0.25, -0.2) is 15.0 Å². The number of pyridine rings is 1.